The number of hydrogen-bond donors (Lipinski definition) is 1. The van der Waals surface area contributed by atoms with Gasteiger partial charge in [0.25, 0.3) is 0 Å². The number of Topliss-reactive ketones (excluding diaryl/α,β-unsaturated/α-hetero) is 1. The lowest BCUT2D eigenvalue weighted by molar-refractivity contribution is -0.146. The number of benzene rings is 1. The maximum absolute atomic E-state index is 13.5. The third-order valence-electron chi connectivity index (χ3n) is 7.04. The van der Waals surface area contributed by atoms with E-state index in [2.05, 4.69) is 5.32 Å². The third-order valence-corrected chi connectivity index (χ3v) is 7.04. The second-order valence-corrected chi connectivity index (χ2v) is 9.25. The molecule has 1 aromatic carbocycles. The number of furan rings is 1. The van der Waals surface area contributed by atoms with Crippen LogP contribution in [0, 0.1) is 5.82 Å². The van der Waals surface area contributed by atoms with Crippen molar-refractivity contribution in [1.82, 2.24) is 5.32 Å². The van der Waals surface area contributed by atoms with Crippen molar-refractivity contribution >= 4 is 11.8 Å². The molecule has 2 aliphatic carbocycles. The number of esters is 1. The van der Waals surface area contributed by atoms with Crippen LogP contribution in [0.25, 0.3) is 0 Å². The molecule has 1 aromatic heterocycles. The van der Waals surface area contributed by atoms with Gasteiger partial charge in [-0.3, -0.25) is 4.79 Å². The van der Waals surface area contributed by atoms with Gasteiger partial charge in [0.05, 0.1) is 17.8 Å². The molecule has 1 aliphatic heterocycles. The Bertz CT molecular complexity index is 1110. The summed E-state index contributed by atoms with van der Waals surface area (Å²) in [6.07, 6.45) is 7.44. The average molecular weight is 450 g/mol. The van der Waals surface area contributed by atoms with Gasteiger partial charge in [0, 0.05) is 23.4 Å². The molecular formula is C27H28FNO4. The average Bonchev–Trinajstić information content (AvgIpc) is 3.34. The number of allylic oxidation sites excluding steroid dienone is 3. The molecule has 33 heavy (non-hydrogen) atoms. The number of hydrogen-bond acceptors (Lipinski definition) is 5. The smallest absolute Gasteiger partial charge is 0.337 e. The maximum atomic E-state index is 13.5. The molecule has 172 valence electrons. The second kappa shape index (κ2) is 9.00. The molecule has 5 nitrogen and oxygen atoms in total. The van der Waals surface area contributed by atoms with Crippen LogP contribution in [0.1, 0.15) is 75.0 Å². The van der Waals surface area contributed by atoms with Crippen molar-refractivity contribution in [3.05, 3.63) is 82.3 Å². The van der Waals surface area contributed by atoms with Gasteiger partial charge in [-0.2, -0.15) is 0 Å². The molecule has 0 saturated heterocycles. The van der Waals surface area contributed by atoms with E-state index < -0.39 is 5.92 Å². The van der Waals surface area contributed by atoms with Gasteiger partial charge in [0.15, 0.2) is 5.78 Å². The highest BCUT2D eigenvalue weighted by Crippen LogP contribution is 2.46. The van der Waals surface area contributed by atoms with Crippen LogP contribution in [-0.2, 0) is 14.3 Å². The van der Waals surface area contributed by atoms with E-state index in [-0.39, 0.29) is 29.6 Å². The summed E-state index contributed by atoms with van der Waals surface area (Å²) in [6, 6.07) is 9.90. The Morgan fingerprint density at radius 2 is 1.85 bits per heavy atom. The molecule has 1 saturated carbocycles. The standard InChI is InChI=1S/C27H28FNO4/c1-16-24(27(31)33-20-6-3-2-4-7-20)26(23-8-5-13-32-23)25-21(29-16)14-18(15-22(25)30)17-9-11-19(28)12-10-17/h5,8-13,18,20,26,29H,2-4,6-7,14-15H2,1H3/t18-,26+/m1/s1. The van der Waals surface area contributed by atoms with E-state index in [4.69, 9.17) is 9.15 Å². The summed E-state index contributed by atoms with van der Waals surface area (Å²) in [6.45, 7) is 1.85. The minimum atomic E-state index is -0.589. The van der Waals surface area contributed by atoms with E-state index in [0.717, 1.165) is 36.9 Å². The van der Waals surface area contributed by atoms with E-state index in [1.165, 1.54) is 18.6 Å². The third kappa shape index (κ3) is 4.26. The number of carbonyl (C=O) groups excluding carboxylic acids is 2. The number of ether oxygens (including phenoxy) is 1. The lowest BCUT2D eigenvalue weighted by Crippen LogP contribution is -2.36. The molecule has 0 bridgehead atoms. The molecule has 0 unspecified atom stereocenters. The first-order valence-electron chi connectivity index (χ1n) is 11.7. The van der Waals surface area contributed by atoms with Crippen molar-refractivity contribution in [1.29, 1.82) is 0 Å². The van der Waals surface area contributed by atoms with Crippen LogP contribution >= 0.6 is 0 Å². The number of carbonyl (C=O) groups is 2. The summed E-state index contributed by atoms with van der Waals surface area (Å²) < 4.78 is 25.0. The highest BCUT2D eigenvalue weighted by molar-refractivity contribution is 6.04. The highest BCUT2D eigenvalue weighted by Gasteiger charge is 2.43. The molecule has 2 aromatic rings. The van der Waals surface area contributed by atoms with Crippen molar-refractivity contribution in [3.63, 3.8) is 0 Å². The topological polar surface area (TPSA) is 68.5 Å². The second-order valence-electron chi connectivity index (χ2n) is 9.25. The van der Waals surface area contributed by atoms with Crippen LogP contribution in [-0.4, -0.2) is 17.9 Å². The fraction of sp³-hybridized carbons (Fsp3) is 0.407. The molecule has 1 N–H and O–H groups in total. The van der Waals surface area contributed by atoms with E-state index in [9.17, 15) is 14.0 Å². The Labute approximate surface area is 192 Å². The van der Waals surface area contributed by atoms with Gasteiger partial charge in [-0.25, -0.2) is 9.18 Å². The van der Waals surface area contributed by atoms with Crippen molar-refractivity contribution < 1.29 is 23.1 Å². The molecule has 0 spiro atoms. The lowest BCUT2D eigenvalue weighted by Gasteiger charge is -2.36. The van der Waals surface area contributed by atoms with Gasteiger partial charge in [-0.05, 0) is 74.8 Å². The van der Waals surface area contributed by atoms with Crippen molar-refractivity contribution in [2.75, 3.05) is 0 Å². The molecule has 6 heteroatoms. The molecule has 5 rings (SSSR count). The van der Waals surface area contributed by atoms with Crippen LogP contribution in [0.3, 0.4) is 0 Å². The zero-order chi connectivity index (χ0) is 22.9. The number of ketones is 1. The maximum Gasteiger partial charge on any atom is 0.337 e. The van der Waals surface area contributed by atoms with Gasteiger partial charge < -0.3 is 14.5 Å². The number of nitrogens with one attached hydrogen (secondary N) is 1. The summed E-state index contributed by atoms with van der Waals surface area (Å²) in [7, 11) is 0. The van der Waals surface area contributed by atoms with Crippen LogP contribution in [0.15, 0.2) is 69.6 Å². The summed E-state index contributed by atoms with van der Waals surface area (Å²) in [5.74, 6) is -0.788. The van der Waals surface area contributed by atoms with Crippen LogP contribution in [0.4, 0.5) is 4.39 Å². The normalized spacial score (nSPS) is 23.9. The summed E-state index contributed by atoms with van der Waals surface area (Å²) in [4.78, 5) is 26.8. The first-order chi connectivity index (χ1) is 16.0. The van der Waals surface area contributed by atoms with Crippen molar-refractivity contribution in [2.45, 2.75) is 69.8 Å². The Morgan fingerprint density at radius 3 is 2.55 bits per heavy atom. The van der Waals surface area contributed by atoms with Crippen molar-refractivity contribution in [3.8, 4) is 0 Å². The molecule has 3 aliphatic rings. The van der Waals surface area contributed by atoms with E-state index in [1.807, 2.05) is 6.92 Å². The summed E-state index contributed by atoms with van der Waals surface area (Å²) in [5.41, 5.74) is 3.43. The zero-order valence-corrected chi connectivity index (χ0v) is 18.7. The Balaban J connectivity index is 1.48. The predicted molar refractivity (Wildman–Crippen MR) is 121 cm³/mol. The van der Waals surface area contributed by atoms with Crippen LogP contribution in [0.5, 0.6) is 0 Å². The molecular weight excluding hydrogens is 421 g/mol. The van der Waals surface area contributed by atoms with E-state index >= 15 is 0 Å². The summed E-state index contributed by atoms with van der Waals surface area (Å²) in [5, 5.41) is 3.34. The minimum Gasteiger partial charge on any atom is -0.468 e. The molecule has 0 amide bonds. The van der Waals surface area contributed by atoms with Crippen LogP contribution < -0.4 is 5.32 Å². The Morgan fingerprint density at radius 1 is 1.09 bits per heavy atom. The largest absolute Gasteiger partial charge is 0.468 e. The number of rotatable bonds is 4. The first kappa shape index (κ1) is 21.7. The SMILES string of the molecule is CC1=C(C(=O)OC2CCCCC2)[C@H](c2ccco2)C2=C(C[C@@H](c3ccc(F)cc3)CC2=O)N1. The molecule has 2 heterocycles. The number of dihydropyridines is 1. The van der Waals surface area contributed by atoms with Gasteiger partial charge in [0.2, 0.25) is 0 Å². The summed E-state index contributed by atoms with van der Waals surface area (Å²) >= 11 is 0. The fourth-order valence-electron chi connectivity index (χ4n) is 5.42. The molecule has 2 atom stereocenters. The molecule has 0 radical (unpaired) electrons. The minimum absolute atomic E-state index is 0.0325. The quantitative estimate of drug-likeness (QED) is 0.611. The van der Waals surface area contributed by atoms with Gasteiger partial charge in [-0.15, -0.1) is 0 Å². The van der Waals surface area contributed by atoms with E-state index in [1.54, 1.807) is 30.5 Å². The monoisotopic (exact) mass is 449 g/mol. The van der Waals surface area contributed by atoms with Gasteiger partial charge in [0.1, 0.15) is 17.7 Å². The highest BCUT2D eigenvalue weighted by atomic mass is 19.1. The van der Waals surface area contributed by atoms with Crippen molar-refractivity contribution in [2.24, 2.45) is 0 Å². The van der Waals surface area contributed by atoms with Gasteiger partial charge >= 0.3 is 5.97 Å². The molecule has 1 fully saturated rings. The lowest BCUT2D eigenvalue weighted by atomic mass is 9.73. The Hall–Kier alpha value is -3.15. The predicted octanol–water partition coefficient (Wildman–Crippen LogP) is 5.66. The Kier molecular flexibility index (Phi) is 5.92. The van der Waals surface area contributed by atoms with Crippen LogP contribution in [0.2, 0.25) is 0 Å². The first-order valence-corrected chi connectivity index (χ1v) is 11.7. The van der Waals surface area contributed by atoms with Gasteiger partial charge in [-0.1, -0.05) is 18.6 Å². The number of halogens is 1. The zero-order valence-electron chi connectivity index (χ0n) is 18.7. The van der Waals surface area contributed by atoms with E-state index in [0.29, 0.717) is 35.4 Å². The fourth-order valence-corrected chi connectivity index (χ4v) is 5.42.